The molecule has 0 unspecified atom stereocenters. The summed E-state index contributed by atoms with van der Waals surface area (Å²) in [6.07, 6.45) is -2.67. The third-order valence-corrected chi connectivity index (χ3v) is 5.29. The van der Waals surface area contributed by atoms with Gasteiger partial charge in [0, 0.05) is 18.2 Å². The van der Waals surface area contributed by atoms with E-state index in [-0.39, 0.29) is 35.0 Å². The van der Waals surface area contributed by atoms with Gasteiger partial charge in [0.2, 0.25) is 6.86 Å². The lowest BCUT2D eigenvalue weighted by molar-refractivity contribution is -0.0896. The molecule has 0 fully saturated rings. The molecule has 0 bridgehead atoms. The summed E-state index contributed by atoms with van der Waals surface area (Å²) in [4.78, 5) is 5.81. The molecule has 0 N–H and O–H groups in total. The van der Waals surface area contributed by atoms with Gasteiger partial charge in [-0.2, -0.15) is 13.2 Å². The normalized spacial score (nSPS) is 23.9. The lowest BCUT2D eigenvalue weighted by Gasteiger charge is -2.34. The minimum atomic E-state index is -4.63. The van der Waals surface area contributed by atoms with Crippen LogP contribution in [0.4, 0.5) is 22.0 Å². The van der Waals surface area contributed by atoms with Gasteiger partial charge in [-0.25, -0.2) is 8.78 Å². The Labute approximate surface area is 159 Å². The molecule has 1 aromatic rings. The molecule has 10 heteroatoms. The molecule has 0 saturated carbocycles. The van der Waals surface area contributed by atoms with Crippen LogP contribution >= 0.6 is 15.9 Å². The highest BCUT2D eigenvalue weighted by Gasteiger charge is 2.48. The van der Waals surface area contributed by atoms with E-state index in [9.17, 15) is 22.0 Å². The second kappa shape index (κ2) is 6.22. The summed E-state index contributed by atoms with van der Waals surface area (Å²) in [5.41, 5.74) is -1.56. The average Bonchev–Trinajstić information content (AvgIpc) is 2.97. The van der Waals surface area contributed by atoms with Crippen LogP contribution < -0.4 is 4.74 Å². The van der Waals surface area contributed by atoms with E-state index in [2.05, 4.69) is 20.9 Å². The summed E-state index contributed by atoms with van der Waals surface area (Å²) in [5, 5.41) is 0. The van der Waals surface area contributed by atoms with Crippen molar-refractivity contribution in [1.82, 2.24) is 4.90 Å². The number of fused-ring (bicyclic) bond motifs is 3. The first kappa shape index (κ1) is 18.3. The summed E-state index contributed by atoms with van der Waals surface area (Å²) < 4.78 is 77.1. The third kappa shape index (κ3) is 2.90. The van der Waals surface area contributed by atoms with Crippen molar-refractivity contribution in [3.63, 3.8) is 0 Å². The Balaban J connectivity index is 1.82. The molecule has 3 heterocycles. The number of hydrogen-bond acceptors (Lipinski definition) is 4. The van der Waals surface area contributed by atoms with E-state index in [1.165, 1.54) is 11.0 Å². The van der Waals surface area contributed by atoms with Crippen LogP contribution in [0.15, 0.2) is 45.2 Å². The number of allylic oxidation sites excluding steroid dienone is 2. The van der Waals surface area contributed by atoms with Crippen molar-refractivity contribution in [2.45, 2.75) is 18.1 Å². The largest absolute Gasteiger partial charge is 0.490 e. The maximum Gasteiger partial charge on any atom is 0.417 e. The third-order valence-electron chi connectivity index (χ3n) is 4.68. The van der Waals surface area contributed by atoms with Crippen LogP contribution in [0.25, 0.3) is 0 Å². The number of alkyl halides is 4. The Morgan fingerprint density at radius 3 is 2.81 bits per heavy atom. The van der Waals surface area contributed by atoms with E-state index in [1.807, 2.05) is 0 Å². The predicted octanol–water partition coefficient (Wildman–Crippen LogP) is 4.57. The van der Waals surface area contributed by atoms with E-state index in [1.54, 1.807) is 6.07 Å². The Kier molecular flexibility index (Phi) is 4.21. The zero-order valence-electron chi connectivity index (χ0n) is 13.6. The first-order valence-electron chi connectivity index (χ1n) is 7.93. The second-order valence-corrected chi connectivity index (χ2v) is 7.13. The molecule has 1 aromatic carbocycles. The smallest absolute Gasteiger partial charge is 0.417 e. The molecule has 27 heavy (non-hydrogen) atoms. The van der Waals surface area contributed by atoms with Crippen LogP contribution in [0.5, 0.6) is 5.75 Å². The molecule has 4 nitrogen and oxygen atoms in total. The van der Waals surface area contributed by atoms with Crippen molar-refractivity contribution in [2.75, 3.05) is 20.0 Å². The maximum atomic E-state index is 14.4. The van der Waals surface area contributed by atoms with Crippen LogP contribution in [-0.2, 0) is 10.3 Å². The molecule has 144 valence electrons. The van der Waals surface area contributed by atoms with Crippen LogP contribution in [-0.4, -0.2) is 36.9 Å². The zero-order chi connectivity index (χ0) is 19.4. The summed E-state index contributed by atoms with van der Waals surface area (Å²) in [5.74, 6) is -0.817. The summed E-state index contributed by atoms with van der Waals surface area (Å²) in [6, 6.07) is 3.12. The van der Waals surface area contributed by atoms with Crippen molar-refractivity contribution in [2.24, 2.45) is 4.99 Å². The van der Waals surface area contributed by atoms with Crippen LogP contribution in [0.2, 0.25) is 0 Å². The standard InChI is InChI=1S/C17H12BrF5N2O2/c18-11-2-1-10-14(13(11)20)26-4-3-16(10)7-25-6-9(17(21,22)23)5-12(27-8-19)15(25)24-16/h1-2,5-6H,3-4,7-8H2/t16-/m1/s1. The van der Waals surface area contributed by atoms with E-state index >= 15 is 0 Å². The van der Waals surface area contributed by atoms with Gasteiger partial charge in [-0.05, 0) is 28.1 Å². The van der Waals surface area contributed by atoms with Crippen LogP contribution in [0.1, 0.15) is 12.0 Å². The van der Waals surface area contributed by atoms with E-state index in [0.29, 0.717) is 12.0 Å². The van der Waals surface area contributed by atoms with Gasteiger partial charge in [-0.15, -0.1) is 0 Å². The number of rotatable bonds is 2. The topological polar surface area (TPSA) is 34.1 Å². The average molecular weight is 451 g/mol. The first-order valence-corrected chi connectivity index (χ1v) is 8.72. The van der Waals surface area contributed by atoms with Crippen molar-refractivity contribution < 1.29 is 31.4 Å². The molecule has 1 spiro atoms. The molecule has 0 amide bonds. The van der Waals surface area contributed by atoms with Gasteiger partial charge in [0.05, 0.1) is 23.2 Å². The second-order valence-electron chi connectivity index (χ2n) is 6.28. The molecular formula is C17H12BrF5N2O2. The molecule has 3 aliphatic heterocycles. The highest BCUT2D eigenvalue weighted by atomic mass is 79.9. The number of benzene rings is 1. The van der Waals surface area contributed by atoms with E-state index in [0.717, 1.165) is 12.3 Å². The van der Waals surface area contributed by atoms with Crippen molar-refractivity contribution >= 4 is 21.8 Å². The molecular weight excluding hydrogens is 439 g/mol. The lowest BCUT2D eigenvalue weighted by atomic mass is 9.85. The molecule has 0 radical (unpaired) electrons. The quantitative estimate of drug-likeness (QED) is 0.619. The summed E-state index contributed by atoms with van der Waals surface area (Å²) in [7, 11) is 0. The summed E-state index contributed by atoms with van der Waals surface area (Å²) >= 11 is 3.09. The summed E-state index contributed by atoms with van der Waals surface area (Å²) in [6.45, 7) is -1.12. The fourth-order valence-corrected chi connectivity index (χ4v) is 3.78. The fourth-order valence-electron chi connectivity index (χ4n) is 3.47. The Morgan fingerprint density at radius 2 is 2.11 bits per heavy atom. The van der Waals surface area contributed by atoms with E-state index < -0.39 is 30.0 Å². The zero-order valence-corrected chi connectivity index (χ0v) is 15.2. The number of aliphatic imine (C=N–C) groups is 1. The van der Waals surface area contributed by atoms with Gasteiger partial charge in [-0.1, -0.05) is 6.07 Å². The first-order chi connectivity index (χ1) is 12.7. The molecule has 0 aromatic heterocycles. The van der Waals surface area contributed by atoms with Gasteiger partial charge in [0.25, 0.3) is 0 Å². The van der Waals surface area contributed by atoms with Gasteiger partial charge in [0.15, 0.2) is 23.2 Å². The predicted molar refractivity (Wildman–Crippen MR) is 89.3 cm³/mol. The van der Waals surface area contributed by atoms with Gasteiger partial charge in [-0.3, -0.25) is 4.99 Å². The highest BCUT2D eigenvalue weighted by molar-refractivity contribution is 9.10. The molecule has 3 aliphatic rings. The Hall–Kier alpha value is -2.10. The minimum absolute atomic E-state index is 0.0109. The lowest BCUT2D eigenvalue weighted by Crippen LogP contribution is -2.37. The van der Waals surface area contributed by atoms with Crippen LogP contribution in [0, 0.1) is 5.82 Å². The molecule has 1 atom stereocenters. The van der Waals surface area contributed by atoms with Crippen molar-refractivity contribution in [1.29, 1.82) is 0 Å². The number of hydrogen-bond donors (Lipinski definition) is 0. The Bertz CT molecular complexity index is 896. The van der Waals surface area contributed by atoms with Crippen LogP contribution in [0.3, 0.4) is 0 Å². The fraction of sp³-hybridized carbons (Fsp3) is 0.353. The number of amidine groups is 1. The molecule has 0 aliphatic carbocycles. The monoisotopic (exact) mass is 450 g/mol. The molecule has 4 rings (SSSR count). The number of nitrogens with zero attached hydrogens (tertiary/aromatic N) is 2. The van der Waals surface area contributed by atoms with Crippen molar-refractivity contribution in [3.8, 4) is 5.75 Å². The van der Waals surface area contributed by atoms with Gasteiger partial charge >= 0.3 is 6.18 Å². The maximum absolute atomic E-state index is 14.4. The minimum Gasteiger partial charge on any atom is -0.490 e. The molecule has 0 saturated heterocycles. The van der Waals surface area contributed by atoms with Gasteiger partial charge < -0.3 is 14.4 Å². The van der Waals surface area contributed by atoms with Crippen molar-refractivity contribution in [3.05, 3.63) is 51.6 Å². The van der Waals surface area contributed by atoms with E-state index in [4.69, 9.17) is 9.47 Å². The number of halogens is 6. The number of ether oxygens (including phenoxy) is 2. The highest BCUT2D eigenvalue weighted by Crippen LogP contribution is 2.47. The van der Waals surface area contributed by atoms with Gasteiger partial charge in [0.1, 0.15) is 5.54 Å². The SMILES string of the molecule is FCOC1=CC(C(F)(F)F)=CN2C[C@@]3(CCOc4c3ccc(Br)c4F)N=C12. The Morgan fingerprint density at radius 1 is 1.33 bits per heavy atom.